The summed E-state index contributed by atoms with van der Waals surface area (Å²) in [6.07, 6.45) is 1.75. The number of nitrogens with zero attached hydrogens (tertiary/aromatic N) is 5. The van der Waals surface area contributed by atoms with Crippen molar-refractivity contribution in [2.45, 2.75) is 6.54 Å². The summed E-state index contributed by atoms with van der Waals surface area (Å²) in [5, 5.41) is 8.22. The van der Waals surface area contributed by atoms with E-state index < -0.39 is 0 Å². The summed E-state index contributed by atoms with van der Waals surface area (Å²) in [6.45, 7) is 0.268. The molecule has 124 valence electrons. The maximum atomic E-state index is 12.0. The first kappa shape index (κ1) is 15.7. The number of methoxy groups -OCH3 is 1. The van der Waals surface area contributed by atoms with Gasteiger partial charge in [-0.25, -0.2) is 9.48 Å². The van der Waals surface area contributed by atoms with Gasteiger partial charge < -0.3 is 4.74 Å². The minimum absolute atomic E-state index is 0.268. The van der Waals surface area contributed by atoms with E-state index in [1.807, 2.05) is 24.3 Å². The predicted octanol–water partition coefficient (Wildman–Crippen LogP) is 0.399. The number of para-hydroxylation sites is 1. The van der Waals surface area contributed by atoms with Crippen molar-refractivity contribution >= 4 is 0 Å². The van der Waals surface area contributed by atoms with E-state index in [9.17, 15) is 9.59 Å². The zero-order valence-electron chi connectivity index (χ0n) is 13.6. The van der Waals surface area contributed by atoms with Crippen LogP contribution in [0.4, 0.5) is 0 Å². The number of hydrogen-bond acceptors (Lipinski definition) is 5. The molecule has 0 unspecified atom stereocenters. The van der Waals surface area contributed by atoms with Crippen LogP contribution in [-0.4, -0.2) is 31.2 Å². The van der Waals surface area contributed by atoms with E-state index in [-0.39, 0.29) is 17.8 Å². The van der Waals surface area contributed by atoms with Gasteiger partial charge in [-0.15, -0.1) is 5.10 Å². The van der Waals surface area contributed by atoms with Gasteiger partial charge in [-0.05, 0) is 12.1 Å². The lowest BCUT2D eigenvalue weighted by Crippen LogP contribution is -2.38. The number of rotatable bonds is 4. The molecule has 0 spiro atoms. The minimum atomic E-state index is -0.373. The average molecular weight is 327 g/mol. The molecular weight excluding hydrogens is 310 g/mol. The van der Waals surface area contributed by atoms with E-state index in [1.165, 1.54) is 17.7 Å². The molecule has 0 radical (unpaired) electrons. The Morgan fingerprint density at radius 1 is 1.12 bits per heavy atom. The van der Waals surface area contributed by atoms with Crippen LogP contribution in [0.2, 0.25) is 0 Å². The van der Waals surface area contributed by atoms with Crippen LogP contribution in [0.1, 0.15) is 5.69 Å². The fourth-order valence-corrected chi connectivity index (χ4v) is 2.45. The molecule has 0 saturated carbocycles. The van der Waals surface area contributed by atoms with Crippen LogP contribution >= 0.6 is 0 Å². The lowest BCUT2D eigenvalue weighted by Gasteiger charge is -2.08. The van der Waals surface area contributed by atoms with Crippen LogP contribution in [0.25, 0.3) is 11.3 Å². The van der Waals surface area contributed by atoms with Crippen LogP contribution < -0.4 is 16.0 Å². The van der Waals surface area contributed by atoms with Gasteiger partial charge >= 0.3 is 5.69 Å². The van der Waals surface area contributed by atoms with Gasteiger partial charge in [0.1, 0.15) is 11.4 Å². The minimum Gasteiger partial charge on any atom is -0.496 e. The van der Waals surface area contributed by atoms with E-state index in [4.69, 9.17) is 4.74 Å². The molecule has 8 heteroatoms. The van der Waals surface area contributed by atoms with Gasteiger partial charge in [0.15, 0.2) is 0 Å². The maximum absolute atomic E-state index is 12.0. The highest BCUT2D eigenvalue weighted by molar-refractivity contribution is 5.65. The molecule has 0 N–H and O–H groups in total. The second-order valence-corrected chi connectivity index (χ2v) is 5.38. The van der Waals surface area contributed by atoms with E-state index >= 15 is 0 Å². The molecular formula is C16H17N5O3. The van der Waals surface area contributed by atoms with Gasteiger partial charge in [0.25, 0.3) is 5.56 Å². The molecule has 8 nitrogen and oxygen atoms in total. The summed E-state index contributed by atoms with van der Waals surface area (Å²) in [5.41, 5.74) is 1.31. The van der Waals surface area contributed by atoms with Crippen LogP contribution in [0.5, 0.6) is 5.75 Å². The van der Waals surface area contributed by atoms with Crippen LogP contribution in [-0.2, 0) is 20.6 Å². The van der Waals surface area contributed by atoms with Gasteiger partial charge in [-0.2, -0.15) is 0 Å². The van der Waals surface area contributed by atoms with Crippen molar-refractivity contribution in [1.82, 2.24) is 24.1 Å². The molecule has 1 aromatic carbocycles. The van der Waals surface area contributed by atoms with E-state index in [0.717, 1.165) is 10.1 Å². The number of ether oxygens (including phenoxy) is 1. The highest BCUT2D eigenvalue weighted by atomic mass is 16.5. The summed E-state index contributed by atoms with van der Waals surface area (Å²) < 4.78 is 9.39. The van der Waals surface area contributed by atoms with Crippen LogP contribution in [0, 0.1) is 0 Å². The highest BCUT2D eigenvalue weighted by Gasteiger charge is 2.11. The van der Waals surface area contributed by atoms with Crippen LogP contribution in [0.3, 0.4) is 0 Å². The van der Waals surface area contributed by atoms with Crippen molar-refractivity contribution in [2.24, 2.45) is 14.1 Å². The molecule has 2 aromatic heterocycles. The predicted molar refractivity (Wildman–Crippen MR) is 88.0 cm³/mol. The zero-order valence-corrected chi connectivity index (χ0v) is 13.6. The zero-order chi connectivity index (χ0) is 17.3. The summed E-state index contributed by atoms with van der Waals surface area (Å²) in [6, 6.07) is 8.93. The van der Waals surface area contributed by atoms with Crippen molar-refractivity contribution in [3.63, 3.8) is 0 Å². The van der Waals surface area contributed by atoms with Gasteiger partial charge in [0.05, 0.1) is 19.9 Å². The second kappa shape index (κ2) is 6.15. The molecule has 0 aliphatic heterocycles. The lowest BCUT2D eigenvalue weighted by atomic mass is 10.1. The standard InChI is InChI=1S/C16H17N5O3/c1-19-11(8-15(22)20(2)16(19)23)9-21-10-13(17-18-21)12-6-4-5-7-14(12)24-3/h4-8,10H,9H2,1-3H3. The second-order valence-electron chi connectivity index (χ2n) is 5.38. The Hall–Kier alpha value is -3.16. The van der Waals surface area contributed by atoms with Gasteiger partial charge in [0, 0.05) is 31.4 Å². The topological polar surface area (TPSA) is 83.9 Å². The Morgan fingerprint density at radius 2 is 1.88 bits per heavy atom. The molecule has 0 atom stereocenters. The van der Waals surface area contributed by atoms with Gasteiger partial charge in [-0.3, -0.25) is 13.9 Å². The van der Waals surface area contributed by atoms with Gasteiger partial charge in [0.2, 0.25) is 0 Å². The third kappa shape index (κ3) is 2.73. The molecule has 0 fully saturated rings. The monoisotopic (exact) mass is 327 g/mol. The molecule has 3 rings (SSSR count). The van der Waals surface area contributed by atoms with Crippen molar-refractivity contribution in [3.8, 4) is 17.0 Å². The quantitative estimate of drug-likeness (QED) is 0.692. The Morgan fingerprint density at radius 3 is 2.62 bits per heavy atom. The molecule has 0 aliphatic rings. The molecule has 24 heavy (non-hydrogen) atoms. The third-order valence-corrected chi connectivity index (χ3v) is 3.87. The molecule has 0 aliphatic carbocycles. The number of hydrogen-bond donors (Lipinski definition) is 0. The largest absolute Gasteiger partial charge is 0.496 e. The fourth-order valence-electron chi connectivity index (χ4n) is 2.45. The van der Waals surface area contributed by atoms with E-state index in [0.29, 0.717) is 17.1 Å². The average Bonchev–Trinajstić information content (AvgIpc) is 3.06. The Bertz CT molecular complexity index is 999. The van der Waals surface area contributed by atoms with Gasteiger partial charge in [-0.1, -0.05) is 17.3 Å². The maximum Gasteiger partial charge on any atom is 0.330 e. The molecule has 0 amide bonds. The molecule has 3 aromatic rings. The molecule has 2 heterocycles. The summed E-state index contributed by atoms with van der Waals surface area (Å²) >= 11 is 0. The number of aromatic nitrogens is 5. The first-order valence-corrected chi connectivity index (χ1v) is 7.30. The first-order valence-electron chi connectivity index (χ1n) is 7.30. The molecule has 0 bridgehead atoms. The normalized spacial score (nSPS) is 10.8. The Kier molecular flexibility index (Phi) is 4.03. The van der Waals surface area contributed by atoms with Crippen molar-refractivity contribution < 1.29 is 4.74 Å². The van der Waals surface area contributed by atoms with E-state index in [1.54, 1.807) is 25.0 Å². The third-order valence-electron chi connectivity index (χ3n) is 3.87. The summed E-state index contributed by atoms with van der Waals surface area (Å²) in [5.74, 6) is 0.700. The van der Waals surface area contributed by atoms with Crippen molar-refractivity contribution in [3.05, 3.63) is 63.1 Å². The van der Waals surface area contributed by atoms with E-state index in [2.05, 4.69) is 10.3 Å². The summed E-state index contributed by atoms with van der Waals surface area (Å²) in [4.78, 5) is 23.8. The smallest absolute Gasteiger partial charge is 0.330 e. The van der Waals surface area contributed by atoms with Crippen molar-refractivity contribution in [2.75, 3.05) is 7.11 Å². The first-order chi connectivity index (χ1) is 11.5. The molecule has 0 saturated heterocycles. The fraction of sp³-hybridized carbons (Fsp3) is 0.250. The Balaban J connectivity index is 1.96. The van der Waals surface area contributed by atoms with Crippen molar-refractivity contribution in [1.29, 1.82) is 0 Å². The summed E-state index contributed by atoms with van der Waals surface area (Å²) in [7, 11) is 4.66. The van der Waals surface area contributed by atoms with Crippen LogP contribution in [0.15, 0.2) is 46.1 Å². The SMILES string of the molecule is COc1ccccc1-c1cn(Cc2cc(=O)n(C)c(=O)n2C)nn1. The lowest BCUT2D eigenvalue weighted by molar-refractivity contribution is 0.416. The Labute approximate surface area is 137 Å². The highest BCUT2D eigenvalue weighted by Crippen LogP contribution is 2.27. The number of benzene rings is 1.